The van der Waals surface area contributed by atoms with Crippen LogP contribution in [0.2, 0.25) is 0 Å². The normalized spacial score (nSPS) is 14.5. The van der Waals surface area contributed by atoms with E-state index >= 15 is 0 Å². The number of unbranched alkanes of at least 4 members (excludes halogenated alkanes) is 9. The lowest BCUT2D eigenvalue weighted by Crippen LogP contribution is -2.02. The molecule has 0 amide bonds. The van der Waals surface area contributed by atoms with Crippen LogP contribution in [-0.4, -0.2) is 0 Å². The lowest BCUT2D eigenvalue weighted by Gasteiger charge is -2.15. The van der Waals surface area contributed by atoms with Crippen LogP contribution in [0.5, 0.6) is 0 Å². The van der Waals surface area contributed by atoms with Crippen molar-refractivity contribution < 1.29 is 0 Å². The van der Waals surface area contributed by atoms with Gasteiger partial charge in [-0.05, 0) is 18.3 Å². The molecule has 0 fully saturated rings. The van der Waals surface area contributed by atoms with Gasteiger partial charge in [-0.15, -0.1) is 0 Å². The summed E-state index contributed by atoms with van der Waals surface area (Å²) < 4.78 is 0. The lowest BCUT2D eigenvalue weighted by atomic mass is 9.91. The van der Waals surface area contributed by atoms with Gasteiger partial charge in [0.25, 0.3) is 0 Å². The standard InChI is InChI=1S/C19H40/c1-5-7-8-9-10-11-12-13-14-15-16-19(4)17-18(3)6-2/h18-19H,5-17H2,1-4H3. The summed E-state index contributed by atoms with van der Waals surface area (Å²) in [5.41, 5.74) is 0. The maximum Gasteiger partial charge on any atom is -0.0440 e. The Labute approximate surface area is 123 Å². The maximum atomic E-state index is 2.44. The van der Waals surface area contributed by atoms with Crippen molar-refractivity contribution in [3.63, 3.8) is 0 Å². The monoisotopic (exact) mass is 268 g/mol. The van der Waals surface area contributed by atoms with Crippen LogP contribution in [0, 0.1) is 11.8 Å². The van der Waals surface area contributed by atoms with E-state index in [1.807, 2.05) is 0 Å². The van der Waals surface area contributed by atoms with Crippen molar-refractivity contribution >= 4 is 0 Å². The minimum atomic E-state index is 0.929. The van der Waals surface area contributed by atoms with Gasteiger partial charge in [-0.1, -0.05) is 105 Å². The van der Waals surface area contributed by atoms with E-state index in [9.17, 15) is 0 Å². The van der Waals surface area contributed by atoms with Gasteiger partial charge < -0.3 is 0 Å². The van der Waals surface area contributed by atoms with Crippen LogP contribution in [0.3, 0.4) is 0 Å². The van der Waals surface area contributed by atoms with Crippen molar-refractivity contribution in [3.05, 3.63) is 0 Å². The Bertz CT molecular complexity index is 161. The van der Waals surface area contributed by atoms with E-state index in [0.717, 1.165) is 11.8 Å². The van der Waals surface area contributed by atoms with Gasteiger partial charge in [-0.2, -0.15) is 0 Å². The van der Waals surface area contributed by atoms with Gasteiger partial charge in [0.2, 0.25) is 0 Å². The molecule has 0 aliphatic heterocycles. The van der Waals surface area contributed by atoms with E-state index in [-0.39, 0.29) is 0 Å². The van der Waals surface area contributed by atoms with Crippen LogP contribution < -0.4 is 0 Å². The topological polar surface area (TPSA) is 0 Å². The first-order valence-electron chi connectivity index (χ1n) is 9.20. The molecular formula is C19H40. The maximum absolute atomic E-state index is 2.44. The van der Waals surface area contributed by atoms with Crippen LogP contribution in [-0.2, 0) is 0 Å². The van der Waals surface area contributed by atoms with Crippen molar-refractivity contribution in [2.75, 3.05) is 0 Å². The summed E-state index contributed by atoms with van der Waals surface area (Å²) in [7, 11) is 0. The summed E-state index contributed by atoms with van der Waals surface area (Å²) >= 11 is 0. The van der Waals surface area contributed by atoms with Gasteiger partial charge in [-0.25, -0.2) is 0 Å². The van der Waals surface area contributed by atoms with E-state index < -0.39 is 0 Å². The van der Waals surface area contributed by atoms with E-state index in [2.05, 4.69) is 27.7 Å². The average Bonchev–Trinajstić information content (AvgIpc) is 2.40. The van der Waals surface area contributed by atoms with Crippen LogP contribution >= 0.6 is 0 Å². The largest absolute Gasteiger partial charge is 0.0654 e. The third-order valence-electron chi connectivity index (χ3n) is 4.55. The second-order valence-electron chi connectivity index (χ2n) is 6.82. The summed E-state index contributed by atoms with van der Waals surface area (Å²) in [6, 6.07) is 0. The SMILES string of the molecule is CCCCCCCCCCCCC(C)CC(C)CC. The third-order valence-corrected chi connectivity index (χ3v) is 4.55. The fourth-order valence-corrected chi connectivity index (χ4v) is 2.95. The molecule has 2 atom stereocenters. The molecule has 0 spiro atoms. The molecule has 19 heavy (non-hydrogen) atoms. The molecule has 0 heteroatoms. The van der Waals surface area contributed by atoms with Crippen molar-refractivity contribution in [3.8, 4) is 0 Å². The van der Waals surface area contributed by atoms with E-state index in [1.165, 1.54) is 83.5 Å². The highest BCUT2D eigenvalue weighted by molar-refractivity contribution is 4.59. The zero-order chi connectivity index (χ0) is 14.3. The third kappa shape index (κ3) is 14.2. The zero-order valence-corrected chi connectivity index (χ0v) is 14.3. The second kappa shape index (κ2) is 14.4. The Kier molecular flexibility index (Phi) is 14.4. The Morgan fingerprint density at radius 3 is 1.53 bits per heavy atom. The molecule has 0 saturated carbocycles. The molecule has 2 unspecified atom stereocenters. The second-order valence-corrected chi connectivity index (χ2v) is 6.82. The summed E-state index contributed by atoms with van der Waals surface area (Å²) in [4.78, 5) is 0. The summed E-state index contributed by atoms with van der Waals surface area (Å²) in [6.45, 7) is 9.45. The van der Waals surface area contributed by atoms with Crippen LogP contribution in [0.1, 0.15) is 111 Å². The van der Waals surface area contributed by atoms with Gasteiger partial charge >= 0.3 is 0 Å². The number of rotatable bonds is 14. The first-order valence-corrected chi connectivity index (χ1v) is 9.20. The minimum absolute atomic E-state index is 0.929. The van der Waals surface area contributed by atoms with Crippen molar-refractivity contribution in [2.45, 2.75) is 111 Å². The van der Waals surface area contributed by atoms with Crippen molar-refractivity contribution in [2.24, 2.45) is 11.8 Å². The van der Waals surface area contributed by atoms with Gasteiger partial charge in [0.15, 0.2) is 0 Å². The fraction of sp³-hybridized carbons (Fsp3) is 1.00. The van der Waals surface area contributed by atoms with Crippen LogP contribution in [0.25, 0.3) is 0 Å². The molecule has 0 aromatic heterocycles. The van der Waals surface area contributed by atoms with E-state index in [4.69, 9.17) is 0 Å². The number of hydrogen-bond donors (Lipinski definition) is 0. The summed E-state index contributed by atoms with van der Waals surface area (Å²) in [5, 5.41) is 0. The zero-order valence-electron chi connectivity index (χ0n) is 14.3. The highest BCUT2D eigenvalue weighted by atomic mass is 14.1. The highest BCUT2D eigenvalue weighted by Crippen LogP contribution is 2.20. The predicted molar refractivity (Wildman–Crippen MR) is 89.7 cm³/mol. The molecule has 0 N–H and O–H groups in total. The van der Waals surface area contributed by atoms with Gasteiger partial charge in [0.1, 0.15) is 0 Å². The molecule has 0 saturated heterocycles. The Morgan fingerprint density at radius 2 is 1.05 bits per heavy atom. The molecule has 0 aliphatic carbocycles. The summed E-state index contributed by atoms with van der Waals surface area (Å²) in [6.07, 6.45) is 18.8. The smallest absolute Gasteiger partial charge is 0.0440 e. The minimum Gasteiger partial charge on any atom is -0.0654 e. The molecule has 0 radical (unpaired) electrons. The Morgan fingerprint density at radius 1 is 0.579 bits per heavy atom. The van der Waals surface area contributed by atoms with Crippen LogP contribution in [0.4, 0.5) is 0 Å². The van der Waals surface area contributed by atoms with Crippen molar-refractivity contribution in [1.82, 2.24) is 0 Å². The Hall–Kier alpha value is 0. The first-order chi connectivity index (χ1) is 9.20. The van der Waals surface area contributed by atoms with Crippen molar-refractivity contribution in [1.29, 1.82) is 0 Å². The molecule has 0 aromatic rings. The number of hydrogen-bond acceptors (Lipinski definition) is 0. The molecule has 0 nitrogen and oxygen atoms in total. The van der Waals surface area contributed by atoms with Gasteiger partial charge in [0, 0.05) is 0 Å². The molecule has 0 rings (SSSR count). The highest BCUT2D eigenvalue weighted by Gasteiger charge is 2.06. The molecular weight excluding hydrogens is 228 g/mol. The first kappa shape index (κ1) is 19.0. The van der Waals surface area contributed by atoms with Crippen LogP contribution in [0.15, 0.2) is 0 Å². The predicted octanol–water partition coefficient (Wildman–Crippen LogP) is 7.37. The molecule has 0 bridgehead atoms. The van der Waals surface area contributed by atoms with Gasteiger partial charge in [-0.3, -0.25) is 0 Å². The van der Waals surface area contributed by atoms with E-state index in [1.54, 1.807) is 0 Å². The molecule has 0 aromatic carbocycles. The lowest BCUT2D eigenvalue weighted by molar-refractivity contribution is 0.374. The molecule has 0 aliphatic rings. The summed E-state index contributed by atoms with van der Waals surface area (Å²) in [5.74, 6) is 1.88. The average molecular weight is 269 g/mol. The molecule has 116 valence electrons. The quantitative estimate of drug-likeness (QED) is 0.288. The van der Waals surface area contributed by atoms with Gasteiger partial charge in [0.05, 0.1) is 0 Å². The Balaban J connectivity index is 3.13. The fourth-order valence-electron chi connectivity index (χ4n) is 2.95. The van der Waals surface area contributed by atoms with E-state index in [0.29, 0.717) is 0 Å². The molecule has 0 heterocycles.